The predicted molar refractivity (Wildman–Crippen MR) is 71.3 cm³/mol. The smallest absolute Gasteiger partial charge is 0.304 e. The molecule has 0 aliphatic carbocycles. The van der Waals surface area contributed by atoms with Crippen molar-refractivity contribution in [2.75, 3.05) is 46.3 Å². The Labute approximate surface area is 118 Å². The van der Waals surface area contributed by atoms with Crippen molar-refractivity contribution in [1.82, 2.24) is 19.2 Å². The Morgan fingerprint density at radius 1 is 1.35 bits per heavy atom. The van der Waals surface area contributed by atoms with Gasteiger partial charge in [-0.2, -0.15) is 17.4 Å². The number of nitrogens with one attached hydrogen (secondary N) is 2. The zero-order chi connectivity index (χ0) is 15.2. The largest absolute Gasteiger partial charge is 0.481 e. The molecule has 0 saturated carbocycles. The lowest BCUT2D eigenvalue weighted by atomic mass is 10.3. The van der Waals surface area contributed by atoms with Gasteiger partial charge in [0.15, 0.2) is 0 Å². The van der Waals surface area contributed by atoms with Gasteiger partial charge in [0.05, 0.1) is 13.0 Å². The molecular formula is C10H20N4O5S. The van der Waals surface area contributed by atoms with E-state index in [1.807, 2.05) is 0 Å². The number of aliphatic carboxylic acids is 1. The van der Waals surface area contributed by atoms with Crippen molar-refractivity contribution < 1.29 is 23.1 Å². The Morgan fingerprint density at radius 3 is 2.50 bits per heavy atom. The normalized spacial score (nSPS) is 16.4. The van der Waals surface area contributed by atoms with E-state index in [-0.39, 0.29) is 25.4 Å². The third-order valence-electron chi connectivity index (χ3n) is 2.93. The second-order valence-electron chi connectivity index (χ2n) is 4.42. The van der Waals surface area contributed by atoms with Gasteiger partial charge in [-0.25, -0.2) is 0 Å². The van der Waals surface area contributed by atoms with Crippen LogP contribution in [-0.2, 0) is 19.8 Å². The highest BCUT2D eigenvalue weighted by Crippen LogP contribution is 1.97. The van der Waals surface area contributed by atoms with Gasteiger partial charge in [-0.3, -0.25) is 9.59 Å². The minimum atomic E-state index is -3.83. The van der Waals surface area contributed by atoms with Crippen LogP contribution in [-0.4, -0.2) is 80.9 Å². The maximum atomic E-state index is 11.8. The number of piperazine rings is 1. The molecule has 1 amide bonds. The van der Waals surface area contributed by atoms with Gasteiger partial charge >= 0.3 is 5.97 Å². The maximum absolute atomic E-state index is 11.8. The first kappa shape index (κ1) is 16.8. The molecule has 116 valence electrons. The summed E-state index contributed by atoms with van der Waals surface area (Å²) < 4.78 is 26.6. The molecule has 0 bridgehead atoms. The van der Waals surface area contributed by atoms with Crippen LogP contribution in [0.2, 0.25) is 0 Å². The number of carboxylic acids is 1. The molecule has 9 nitrogen and oxygen atoms in total. The zero-order valence-corrected chi connectivity index (χ0v) is 12.1. The van der Waals surface area contributed by atoms with Gasteiger partial charge in [-0.1, -0.05) is 0 Å². The Balaban J connectivity index is 2.41. The molecule has 1 heterocycles. The topological polar surface area (TPSA) is 119 Å². The molecule has 0 aromatic carbocycles. The maximum Gasteiger partial charge on any atom is 0.304 e. The minimum absolute atomic E-state index is 0.146. The van der Waals surface area contributed by atoms with E-state index in [1.165, 1.54) is 7.05 Å². The van der Waals surface area contributed by atoms with E-state index in [0.717, 1.165) is 4.31 Å². The van der Waals surface area contributed by atoms with Crippen molar-refractivity contribution >= 4 is 22.1 Å². The summed E-state index contributed by atoms with van der Waals surface area (Å²) >= 11 is 0. The molecule has 0 spiro atoms. The van der Waals surface area contributed by atoms with E-state index in [2.05, 4.69) is 10.0 Å². The number of rotatable bonds is 7. The molecule has 0 aromatic rings. The van der Waals surface area contributed by atoms with Crippen LogP contribution >= 0.6 is 0 Å². The SMILES string of the molecule is CN(CCC(=O)O)S(=O)(=O)NCC(=O)N1CCNCC1. The van der Waals surface area contributed by atoms with Crippen LogP contribution in [0.25, 0.3) is 0 Å². The number of carboxylic acid groups (broad SMARTS) is 1. The average Bonchev–Trinajstić information content (AvgIpc) is 2.43. The van der Waals surface area contributed by atoms with E-state index in [1.54, 1.807) is 4.90 Å². The van der Waals surface area contributed by atoms with Gasteiger partial charge in [0.1, 0.15) is 0 Å². The summed E-state index contributed by atoms with van der Waals surface area (Å²) in [6, 6.07) is 0. The van der Waals surface area contributed by atoms with Crippen molar-refractivity contribution in [2.24, 2.45) is 0 Å². The van der Waals surface area contributed by atoms with Crippen molar-refractivity contribution in [1.29, 1.82) is 0 Å². The number of nitrogens with zero attached hydrogens (tertiary/aromatic N) is 2. The van der Waals surface area contributed by atoms with Gasteiger partial charge in [-0.05, 0) is 0 Å². The van der Waals surface area contributed by atoms with Gasteiger partial charge in [0.25, 0.3) is 10.2 Å². The Kier molecular flexibility index (Phi) is 6.33. The van der Waals surface area contributed by atoms with Crippen molar-refractivity contribution in [3.63, 3.8) is 0 Å². The standard InChI is InChI=1S/C10H20N4O5S/c1-13(5-2-10(16)17)20(18,19)12-8-9(15)14-6-3-11-4-7-14/h11-12H,2-8H2,1H3,(H,16,17). The van der Waals surface area contributed by atoms with Crippen LogP contribution in [0.3, 0.4) is 0 Å². The first-order chi connectivity index (χ1) is 9.33. The van der Waals surface area contributed by atoms with Gasteiger partial charge in [-0.15, -0.1) is 0 Å². The van der Waals surface area contributed by atoms with Crippen molar-refractivity contribution in [3.8, 4) is 0 Å². The average molecular weight is 308 g/mol. The van der Waals surface area contributed by atoms with Crippen LogP contribution in [0.5, 0.6) is 0 Å². The van der Waals surface area contributed by atoms with Crippen LogP contribution in [0, 0.1) is 0 Å². The molecule has 1 aliphatic rings. The highest BCUT2D eigenvalue weighted by atomic mass is 32.2. The summed E-state index contributed by atoms with van der Waals surface area (Å²) in [5, 5.41) is 11.6. The van der Waals surface area contributed by atoms with Crippen LogP contribution in [0.1, 0.15) is 6.42 Å². The number of hydrogen-bond acceptors (Lipinski definition) is 5. The van der Waals surface area contributed by atoms with Gasteiger partial charge < -0.3 is 15.3 Å². The third kappa shape index (κ3) is 5.41. The highest BCUT2D eigenvalue weighted by Gasteiger charge is 2.22. The molecule has 0 atom stereocenters. The fourth-order valence-electron chi connectivity index (χ4n) is 1.66. The predicted octanol–water partition coefficient (Wildman–Crippen LogP) is -2.34. The van der Waals surface area contributed by atoms with Gasteiger partial charge in [0.2, 0.25) is 5.91 Å². The van der Waals surface area contributed by atoms with Crippen molar-refractivity contribution in [3.05, 3.63) is 0 Å². The molecule has 20 heavy (non-hydrogen) atoms. The van der Waals surface area contributed by atoms with E-state index >= 15 is 0 Å². The summed E-state index contributed by atoms with van der Waals surface area (Å²) in [4.78, 5) is 23.8. The molecule has 10 heteroatoms. The van der Waals surface area contributed by atoms with Crippen LogP contribution < -0.4 is 10.0 Å². The first-order valence-corrected chi connectivity index (χ1v) is 7.68. The van der Waals surface area contributed by atoms with E-state index in [0.29, 0.717) is 26.2 Å². The van der Waals surface area contributed by atoms with E-state index < -0.39 is 16.2 Å². The number of hydrogen-bond donors (Lipinski definition) is 3. The lowest BCUT2D eigenvalue weighted by Gasteiger charge is -2.27. The molecular weight excluding hydrogens is 288 g/mol. The minimum Gasteiger partial charge on any atom is -0.481 e. The molecule has 0 radical (unpaired) electrons. The summed E-state index contributed by atoms with van der Waals surface area (Å²) in [6.07, 6.45) is -0.289. The Hall–Kier alpha value is -1.23. The van der Waals surface area contributed by atoms with E-state index in [4.69, 9.17) is 5.11 Å². The second-order valence-corrected chi connectivity index (χ2v) is 6.28. The molecule has 1 rings (SSSR count). The Morgan fingerprint density at radius 2 is 1.95 bits per heavy atom. The van der Waals surface area contributed by atoms with E-state index in [9.17, 15) is 18.0 Å². The molecule has 1 fully saturated rings. The fourth-order valence-corrected chi connectivity index (χ4v) is 2.52. The molecule has 1 saturated heterocycles. The lowest BCUT2D eigenvalue weighted by Crippen LogP contribution is -2.50. The number of carbonyl (C=O) groups is 2. The second kappa shape index (κ2) is 7.53. The molecule has 3 N–H and O–H groups in total. The summed E-state index contributed by atoms with van der Waals surface area (Å²) in [5.41, 5.74) is 0. The monoisotopic (exact) mass is 308 g/mol. The zero-order valence-electron chi connectivity index (χ0n) is 11.3. The summed E-state index contributed by atoms with van der Waals surface area (Å²) in [7, 11) is -2.57. The number of amides is 1. The van der Waals surface area contributed by atoms with Gasteiger partial charge in [0, 0.05) is 39.8 Å². The number of carbonyl (C=O) groups excluding carboxylic acids is 1. The quantitative estimate of drug-likeness (QED) is 0.485. The summed E-state index contributed by atoms with van der Waals surface area (Å²) in [6.45, 7) is 2.02. The van der Waals surface area contributed by atoms with Crippen LogP contribution in [0.15, 0.2) is 0 Å². The van der Waals surface area contributed by atoms with Crippen LogP contribution in [0.4, 0.5) is 0 Å². The first-order valence-electron chi connectivity index (χ1n) is 6.24. The lowest BCUT2D eigenvalue weighted by molar-refractivity contribution is -0.137. The fraction of sp³-hybridized carbons (Fsp3) is 0.800. The van der Waals surface area contributed by atoms with Crippen molar-refractivity contribution in [2.45, 2.75) is 6.42 Å². The molecule has 0 unspecified atom stereocenters. The summed E-state index contributed by atoms with van der Waals surface area (Å²) in [5.74, 6) is -1.37. The molecule has 0 aromatic heterocycles. The molecule has 1 aliphatic heterocycles. The third-order valence-corrected chi connectivity index (χ3v) is 4.44. The Bertz CT molecular complexity index is 447. The highest BCUT2D eigenvalue weighted by molar-refractivity contribution is 7.87.